The number of carbonyl (C=O) groups is 1. The van der Waals surface area contributed by atoms with Gasteiger partial charge in [0, 0.05) is 24.8 Å². The Balaban J connectivity index is 1.36. The van der Waals surface area contributed by atoms with Crippen molar-refractivity contribution in [3.8, 4) is 0 Å². The molecule has 1 unspecified atom stereocenters. The van der Waals surface area contributed by atoms with E-state index in [9.17, 15) is 4.79 Å². The Labute approximate surface area is 151 Å². The van der Waals surface area contributed by atoms with Crippen LogP contribution in [0.15, 0.2) is 43.0 Å². The standard InChI is InChI=1S/C18H21N7O/c26-15(9-19-13-5-2-1-3-6-13)24-14-7-4-8-25(10-14)18-16-17(21-11-20-16)22-12-23-18/h1-3,5-6,11-12,14,19H,4,7-10H2,(H,24,26)(H,20,21,22,23). The van der Waals surface area contributed by atoms with Gasteiger partial charge in [-0.1, -0.05) is 18.2 Å². The molecule has 8 nitrogen and oxygen atoms in total. The van der Waals surface area contributed by atoms with Crippen LogP contribution in [0.25, 0.3) is 11.2 Å². The Bertz CT molecular complexity index is 879. The third kappa shape index (κ3) is 3.58. The zero-order valence-corrected chi connectivity index (χ0v) is 14.4. The summed E-state index contributed by atoms with van der Waals surface area (Å²) >= 11 is 0. The molecular weight excluding hydrogens is 330 g/mol. The number of aromatic nitrogens is 4. The molecule has 134 valence electrons. The fourth-order valence-corrected chi connectivity index (χ4v) is 3.30. The van der Waals surface area contributed by atoms with Crippen molar-refractivity contribution in [3.05, 3.63) is 43.0 Å². The molecule has 1 atom stereocenters. The second-order valence-electron chi connectivity index (χ2n) is 6.37. The van der Waals surface area contributed by atoms with Gasteiger partial charge in [-0.2, -0.15) is 0 Å². The Morgan fingerprint density at radius 1 is 1.23 bits per heavy atom. The lowest BCUT2D eigenvalue weighted by Crippen LogP contribution is -2.49. The fraction of sp³-hybridized carbons (Fsp3) is 0.333. The van der Waals surface area contributed by atoms with Gasteiger partial charge in [-0.25, -0.2) is 15.0 Å². The van der Waals surface area contributed by atoms with Crippen molar-refractivity contribution < 1.29 is 4.79 Å². The predicted octanol–water partition coefficient (Wildman–Crippen LogP) is 1.55. The van der Waals surface area contributed by atoms with Crippen LogP contribution in [-0.4, -0.2) is 51.5 Å². The van der Waals surface area contributed by atoms with E-state index in [1.807, 2.05) is 30.3 Å². The van der Waals surface area contributed by atoms with Gasteiger partial charge in [0.2, 0.25) is 5.91 Å². The van der Waals surface area contributed by atoms with E-state index in [1.54, 1.807) is 6.33 Å². The summed E-state index contributed by atoms with van der Waals surface area (Å²) in [5.41, 5.74) is 2.44. The minimum Gasteiger partial charge on any atom is -0.376 e. The maximum Gasteiger partial charge on any atom is 0.239 e. The Kier molecular flexibility index (Phi) is 4.63. The number of imidazole rings is 1. The largest absolute Gasteiger partial charge is 0.376 e. The molecule has 3 heterocycles. The van der Waals surface area contributed by atoms with E-state index in [-0.39, 0.29) is 18.5 Å². The molecule has 26 heavy (non-hydrogen) atoms. The molecule has 3 N–H and O–H groups in total. The van der Waals surface area contributed by atoms with E-state index in [4.69, 9.17) is 0 Å². The average molecular weight is 351 g/mol. The van der Waals surface area contributed by atoms with Crippen LogP contribution < -0.4 is 15.5 Å². The number of amides is 1. The minimum absolute atomic E-state index is 0.00456. The molecular formula is C18H21N7O. The topological polar surface area (TPSA) is 98.8 Å². The van der Waals surface area contributed by atoms with E-state index < -0.39 is 0 Å². The van der Waals surface area contributed by atoms with Crippen LogP contribution in [0.5, 0.6) is 0 Å². The van der Waals surface area contributed by atoms with Crippen molar-refractivity contribution >= 4 is 28.6 Å². The van der Waals surface area contributed by atoms with Gasteiger partial charge in [-0.3, -0.25) is 4.79 Å². The number of anilines is 2. The number of piperidine rings is 1. The first-order valence-corrected chi connectivity index (χ1v) is 8.77. The summed E-state index contributed by atoms with van der Waals surface area (Å²) in [5, 5.41) is 6.26. The van der Waals surface area contributed by atoms with E-state index in [2.05, 4.69) is 35.5 Å². The first kappa shape index (κ1) is 16.3. The highest BCUT2D eigenvalue weighted by atomic mass is 16.2. The molecule has 1 aromatic carbocycles. The summed E-state index contributed by atoms with van der Waals surface area (Å²) in [6.07, 6.45) is 5.12. The number of carbonyl (C=O) groups excluding carboxylic acids is 1. The minimum atomic E-state index is -0.00456. The first-order valence-electron chi connectivity index (χ1n) is 8.77. The zero-order valence-electron chi connectivity index (χ0n) is 14.4. The third-order valence-electron chi connectivity index (χ3n) is 4.52. The number of nitrogens with one attached hydrogen (secondary N) is 3. The normalized spacial score (nSPS) is 17.2. The molecule has 1 fully saturated rings. The van der Waals surface area contributed by atoms with Crippen LogP contribution in [-0.2, 0) is 4.79 Å². The van der Waals surface area contributed by atoms with Gasteiger partial charge in [0.15, 0.2) is 11.5 Å². The molecule has 1 aliphatic heterocycles. The van der Waals surface area contributed by atoms with Gasteiger partial charge < -0.3 is 20.5 Å². The zero-order chi connectivity index (χ0) is 17.8. The summed E-state index contributed by atoms with van der Waals surface area (Å²) < 4.78 is 0. The lowest BCUT2D eigenvalue weighted by atomic mass is 10.1. The van der Waals surface area contributed by atoms with Crippen molar-refractivity contribution in [1.29, 1.82) is 0 Å². The molecule has 0 aliphatic carbocycles. The van der Waals surface area contributed by atoms with E-state index >= 15 is 0 Å². The smallest absolute Gasteiger partial charge is 0.239 e. The van der Waals surface area contributed by atoms with Crippen molar-refractivity contribution in [2.45, 2.75) is 18.9 Å². The Morgan fingerprint density at radius 3 is 3.00 bits per heavy atom. The number of hydrogen-bond acceptors (Lipinski definition) is 6. The van der Waals surface area contributed by atoms with Gasteiger partial charge in [0.1, 0.15) is 11.8 Å². The summed E-state index contributed by atoms with van der Waals surface area (Å²) in [7, 11) is 0. The van der Waals surface area contributed by atoms with Crippen molar-refractivity contribution in [2.75, 3.05) is 29.9 Å². The first-order chi connectivity index (χ1) is 12.8. The van der Waals surface area contributed by atoms with E-state index in [1.165, 1.54) is 6.33 Å². The van der Waals surface area contributed by atoms with Crippen LogP contribution in [0.2, 0.25) is 0 Å². The highest BCUT2D eigenvalue weighted by molar-refractivity contribution is 5.83. The number of nitrogens with zero attached hydrogens (tertiary/aromatic N) is 4. The van der Waals surface area contributed by atoms with Crippen LogP contribution in [0.3, 0.4) is 0 Å². The monoisotopic (exact) mass is 351 g/mol. The summed E-state index contributed by atoms with van der Waals surface area (Å²) in [5.74, 6) is 0.837. The molecule has 0 radical (unpaired) electrons. The number of hydrogen-bond donors (Lipinski definition) is 3. The Morgan fingerprint density at radius 2 is 2.12 bits per heavy atom. The maximum atomic E-state index is 12.3. The molecule has 2 aromatic heterocycles. The highest BCUT2D eigenvalue weighted by Gasteiger charge is 2.24. The molecule has 0 saturated carbocycles. The van der Waals surface area contributed by atoms with E-state index in [0.29, 0.717) is 5.65 Å². The molecule has 1 aliphatic rings. The van der Waals surface area contributed by atoms with Crippen LogP contribution >= 0.6 is 0 Å². The quantitative estimate of drug-likeness (QED) is 0.645. The number of benzene rings is 1. The van der Waals surface area contributed by atoms with Gasteiger partial charge in [-0.05, 0) is 25.0 Å². The molecule has 8 heteroatoms. The number of fused-ring (bicyclic) bond motifs is 1. The predicted molar refractivity (Wildman–Crippen MR) is 100.0 cm³/mol. The lowest BCUT2D eigenvalue weighted by molar-refractivity contribution is -0.120. The maximum absolute atomic E-state index is 12.3. The molecule has 1 amide bonds. The summed E-state index contributed by atoms with van der Waals surface area (Å²) in [6.45, 7) is 1.89. The lowest BCUT2D eigenvalue weighted by Gasteiger charge is -2.34. The fourth-order valence-electron chi connectivity index (χ4n) is 3.30. The number of rotatable bonds is 5. The second-order valence-corrected chi connectivity index (χ2v) is 6.37. The second kappa shape index (κ2) is 7.38. The summed E-state index contributed by atoms with van der Waals surface area (Å²) in [6, 6.07) is 9.82. The van der Waals surface area contributed by atoms with Gasteiger partial charge in [-0.15, -0.1) is 0 Å². The molecule has 0 spiro atoms. The van der Waals surface area contributed by atoms with Gasteiger partial charge in [0.05, 0.1) is 12.9 Å². The van der Waals surface area contributed by atoms with Gasteiger partial charge in [0.25, 0.3) is 0 Å². The van der Waals surface area contributed by atoms with Crippen LogP contribution in [0.1, 0.15) is 12.8 Å². The highest BCUT2D eigenvalue weighted by Crippen LogP contribution is 2.23. The SMILES string of the molecule is O=C(CNc1ccccc1)NC1CCCN(c2ncnc3nc[nH]c23)C1. The van der Waals surface area contributed by atoms with Crippen molar-refractivity contribution in [1.82, 2.24) is 25.3 Å². The molecule has 3 aromatic rings. The van der Waals surface area contributed by atoms with Crippen LogP contribution in [0, 0.1) is 0 Å². The Hall–Kier alpha value is -3.16. The average Bonchev–Trinajstić information content (AvgIpc) is 3.16. The summed E-state index contributed by atoms with van der Waals surface area (Å²) in [4.78, 5) is 30.3. The van der Waals surface area contributed by atoms with Crippen LogP contribution in [0.4, 0.5) is 11.5 Å². The van der Waals surface area contributed by atoms with Crippen molar-refractivity contribution in [3.63, 3.8) is 0 Å². The number of H-pyrrole nitrogens is 1. The van der Waals surface area contributed by atoms with Crippen molar-refractivity contribution in [2.24, 2.45) is 0 Å². The molecule has 1 saturated heterocycles. The molecule has 4 rings (SSSR count). The van der Waals surface area contributed by atoms with E-state index in [0.717, 1.165) is 43.0 Å². The van der Waals surface area contributed by atoms with Gasteiger partial charge >= 0.3 is 0 Å². The number of para-hydroxylation sites is 1. The number of aromatic amines is 1. The molecule has 0 bridgehead atoms. The third-order valence-corrected chi connectivity index (χ3v) is 4.52.